The summed E-state index contributed by atoms with van der Waals surface area (Å²) in [4.78, 5) is 12.1. The smallest absolute Gasteiger partial charge is 0.228 e. The molecule has 1 aromatic rings. The SMILES string of the molecule is Cc1c(Br)cccc1NC(=O)C1CCCNC1. The fourth-order valence-electron chi connectivity index (χ4n) is 2.05. The first kappa shape index (κ1) is 12.6. The Labute approximate surface area is 110 Å². The molecule has 1 atom stereocenters. The maximum absolute atomic E-state index is 12.1. The molecule has 1 aliphatic rings. The average molecular weight is 297 g/mol. The van der Waals surface area contributed by atoms with Crippen molar-refractivity contribution in [2.75, 3.05) is 18.4 Å². The summed E-state index contributed by atoms with van der Waals surface area (Å²) in [5.74, 6) is 0.223. The molecule has 92 valence electrons. The third-order valence-corrected chi connectivity index (χ3v) is 4.05. The van der Waals surface area contributed by atoms with Gasteiger partial charge in [-0.2, -0.15) is 0 Å². The van der Waals surface area contributed by atoms with Crippen molar-refractivity contribution in [3.63, 3.8) is 0 Å². The predicted octanol–water partition coefficient (Wildman–Crippen LogP) is 2.70. The molecule has 4 heteroatoms. The van der Waals surface area contributed by atoms with Crippen LogP contribution in [0.4, 0.5) is 5.69 Å². The molecule has 3 nitrogen and oxygen atoms in total. The second-order valence-electron chi connectivity index (χ2n) is 4.44. The van der Waals surface area contributed by atoms with Crippen molar-refractivity contribution in [1.82, 2.24) is 5.32 Å². The van der Waals surface area contributed by atoms with E-state index in [2.05, 4.69) is 26.6 Å². The molecular formula is C13H17BrN2O. The van der Waals surface area contributed by atoms with E-state index in [4.69, 9.17) is 0 Å². The molecule has 1 aliphatic heterocycles. The van der Waals surface area contributed by atoms with Crippen LogP contribution in [0.15, 0.2) is 22.7 Å². The van der Waals surface area contributed by atoms with E-state index in [1.54, 1.807) is 0 Å². The minimum atomic E-state index is 0.0992. The second-order valence-corrected chi connectivity index (χ2v) is 5.30. The largest absolute Gasteiger partial charge is 0.326 e. The molecule has 1 amide bonds. The first-order chi connectivity index (χ1) is 8.18. The van der Waals surface area contributed by atoms with Gasteiger partial charge in [-0.1, -0.05) is 22.0 Å². The number of rotatable bonds is 2. The normalized spacial score (nSPS) is 20.0. The maximum Gasteiger partial charge on any atom is 0.228 e. The Balaban J connectivity index is 2.04. The van der Waals surface area contributed by atoms with Crippen LogP contribution < -0.4 is 10.6 Å². The van der Waals surface area contributed by atoms with Crippen molar-refractivity contribution in [2.45, 2.75) is 19.8 Å². The summed E-state index contributed by atoms with van der Waals surface area (Å²) >= 11 is 3.47. The predicted molar refractivity (Wildman–Crippen MR) is 73.1 cm³/mol. The minimum Gasteiger partial charge on any atom is -0.326 e. The molecule has 2 N–H and O–H groups in total. The Kier molecular flexibility index (Phi) is 4.18. The lowest BCUT2D eigenvalue weighted by Crippen LogP contribution is -2.37. The van der Waals surface area contributed by atoms with Crippen molar-refractivity contribution < 1.29 is 4.79 Å². The molecule has 17 heavy (non-hydrogen) atoms. The highest BCUT2D eigenvalue weighted by molar-refractivity contribution is 9.10. The average Bonchev–Trinajstić information content (AvgIpc) is 2.36. The number of anilines is 1. The molecule has 0 saturated carbocycles. The maximum atomic E-state index is 12.1. The summed E-state index contributed by atoms with van der Waals surface area (Å²) in [6.07, 6.45) is 2.06. The molecule has 0 aromatic heterocycles. The highest BCUT2D eigenvalue weighted by Crippen LogP contribution is 2.24. The lowest BCUT2D eigenvalue weighted by Gasteiger charge is -2.22. The topological polar surface area (TPSA) is 41.1 Å². The van der Waals surface area contributed by atoms with Crippen LogP contribution in [0.25, 0.3) is 0 Å². The van der Waals surface area contributed by atoms with Crippen molar-refractivity contribution in [3.8, 4) is 0 Å². The summed E-state index contributed by atoms with van der Waals surface area (Å²) in [5, 5.41) is 6.27. The van der Waals surface area contributed by atoms with E-state index in [1.807, 2.05) is 25.1 Å². The number of nitrogens with one attached hydrogen (secondary N) is 2. The van der Waals surface area contributed by atoms with Gasteiger partial charge in [-0.25, -0.2) is 0 Å². The zero-order valence-corrected chi connectivity index (χ0v) is 11.5. The second kappa shape index (κ2) is 5.65. The monoisotopic (exact) mass is 296 g/mol. The van der Waals surface area contributed by atoms with Gasteiger partial charge in [0, 0.05) is 16.7 Å². The van der Waals surface area contributed by atoms with Crippen molar-refractivity contribution in [1.29, 1.82) is 0 Å². The molecular weight excluding hydrogens is 280 g/mol. The Hall–Kier alpha value is -0.870. The van der Waals surface area contributed by atoms with Crippen LogP contribution in [-0.2, 0) is 4.79 Å². The van der Waals surface area contributed by atoms with Crippen molar-refractivity contribution in [3.05, 3.63) is 28.2 Å². The first-order valence-corrected chi connectivity index (χ1v) is 6.74. The van der Waals surface area contributed by atoms with Gasteiger partial charge in [-0.3, -0.25) is 4.79 Å². The van der Waals surface area contributed by atoms with Crippen LogP contribution >= 0.6 is 15.9 Å². The third-order valence-electron chi connectivity index (χ3n) is 3.19. The minimum absolute atomic E-state index is 0.0992. The molecule has 0 radical (unpaired) electrons. The number of halogens is 1. The third kappa shape index (κ3) is 3.07. The van der Waals surface area contributed by atoms with Crippen LogP contribution in [0.5, 0.6) is 0 Å². The van der Waals surface area contributed by atoms with Crippen molar-refractivity contribution >= 4 is 27.5 Å². The van der Waals surface area contributed by atoms with Crippen LogP contribution in [0.2, 0.25) is 0 Å². The number of carbonyl (C=O) groups excluding carboxylic acids is 1. The highest BCUT2D eigenvalue weighted by Gasteiger charge is 2.21. The zero-order chi connectivity index (χ0) is 12.3. The molecule has 0 bridgehead atoms. The lowest BCUT2D eigenvalue weighted by molar-refractivity contribution is -0.120. The van der Waals surface area contributed by atoms with E-state index in [0.29, 0.717) is 0 Å². The summed E-state index contributed by atoms with van der Waals surface area (Å²) in [6, 6.07) is 5.85. The Bertz CT molecular complexity index is 414. The number of carbonyl (C=O) groups is 1. The zero-order valence-electron chi connectivity index (χ0n) is 9.92. The Morgan fingerprint density at radius 3 is 3.06 bits per heavy atom. The number of benzene rings is 1. The van der Waals surface area contributed by atoms with Gasteiger partial charge in [-0.05, 0) is 44.0 Å². The van der Waals surface area contributed by atoms with Gasteiger partial charge in [-0.15, -0.1) is 0 Å². The fourth-order valence-corrected chi connectivity index (χ4v) is 2.42. The van der Waals surface area contributed by atoms with Gasteiger partial charge in [0.25, 0.3) is 0 Å². The Morgan fingerprint density at radius 1 is 1.53 bits per heavy atom. The van der Waals surface area contributed by atoms with Crippen LogP contribution in [-0.4, -0.2) is 19.0 Å². The molecule has 1 aromatic carbocycles. The quantitative estimate of drug-likeness (QED) is 0.881. The van der Waals surface area contributed by atoms with Crippen LogP contribution in [0.3, 0.4) is 0 Å². The number of piperidine rings is 1. The first-order valence-electron chi connectivity index (χ1n) is 5.95. The van der Waals surface area contributed by atoms with Gasteiger partial charge in [0.05, 0.1) is 5.92 Å². The summed E-state index contributed by atoms with van der Waals surface area (Å²) in [5.41, 5.74) is 1.97. The molecule has 1 heterocycles. The van der Waals surface area contributed by atoms with E-state index in [9.17, 15) is 4.79 Å². The fraction of sp³-hybridized carbons (Fsp3) is 0.462. The standard InChI is InChI=1S/C13H17BrN2O/c1-9-11(14)5-2-6-12(9)16-13(17)10-4-3-7-15-8-10/h2,5-6,10,15H,3-4,7-8H2,1H3,(H,16,17). The van der Waals surface area contributed by atoms with Crippen molar-refractivity contribution in [2.24, 2.45) is 5.92 Å². The Morgan fingerprint density at radius 2 is 2.35 bits per heavy atom. The molecule has 1 unspecified atom stereocenters. The number of hydrogen-bond donors (Lipinski definition) is 2. The van der Waals surface area contributed by atoms with E-state index >= 15 is 0 Å². The van der Waals surface area contributed by atoms with E-state index in [-0.39, 0.29) is 11.8 Å². The van der Waals surface area contributed by atoms with E-state index in [1.165, 1.54) is 0 Å². The summed E-state index contributed by atoms with van der Waals surface area (Å²) in [7, 11) is 0. The molecule has 2 rings (SSSR count). The molecule has 0 spiro atoms. The van der Waals surface area contributed by atoms with Gasteiger partial charge < -0.3 is 10.6 Å². The van der Waals surface area contributed by atoms with Gasteiger partial charge >= 0.3 is 0 Å². The molecule has 1 saturated heterocycles. The van der Waals surface area contributed by atoms with Gasteiger partial charge in [0.1, 0.15) is 0 Å². The molecule has 1 fully saturated rings. The van der Waals surface area contributed by atoms with Gasteiger partial charge in [0.15, 0.2) is 0 Å². The number of amides is 1. The molecule has 0 aliphatic carbocycles. The van der Waals surface area contributed by atoms with E-state index < -0.39 is 0 Å². The lowest BCUT2D eigenvalue weighted by atomic mass is 9.98. The van der Waals surface area contributed by atoms with Crippen LogP contribution in [0, 0.1) is 12.8 Å². The van der Waals surface area contributed by atoms with Gasteiger partial charge in [0.2, 0.25) is 5.91 Å². The summed E-state index contributed by atoms with van der Waals surface area (Å²) < 4.78 is 1.03. The van der Waals surface area contributed by atoms with Crippen LogP contribution in [0.1, 0.15) is 18.4 Å². The number of hydrogen-bond acceptors (Lipinski definition) is 2. The van der Waals surface area contributed by atoms with E-state index in [0.717, 1.165) is 41.7 Å². The summed E-state index contributed by atoms with van der Waals surface area (Å²) in [6.45, 7) is 3.82. The highest BCUT2D eigenvalue weighted by atomic mass is 79.9.